The second-order valence-corrected chi connectivity index (χ2v) is 5.38. The molecule has 2 aromatic rings. The third-order valence-corrected chi connectivity index (χ3v) is 4.06. The number of hydrogen-bond acceptors (Lipinski definition) is 5. The van der Waals surface area contributed by atoms with Crippen molar-refractivity contribution in [2.45, 2.75) is 12.5 Å². The third-order valence-electron chi connectivity index (χ3n) is 4.06. The Bertz CT molecular complexity index is 788. The molecule has 0 fully saturated rings. The van der Waals surface area contributed by atoms with Gasteiger partial charge in [0, 0.05) is 17.5 Å². The number of methoxy groups -OCH3 is 2. The van der Waals surface area contributed by atoms with Crippen LogP contribution in [0.2, 0.25) is 0 Å². The first-order valence-electron chi connectivity index (χ1n) is 7.49. The summed E-state index contributed by atoms with van der Waals surface area (Å²) in [7, 11) is 3.15. The summed E-state index contributed by atoms with van der Waals surface area (Å²) in [5, 5.41) is 15.8. The quantitative estimate of drug-likeness (QED) is 0.858. The van der Waals surface area contributed by atoms with Crippen molar-refractivity contribution < 1.29 is 19.4 Å². The van der Waals surface area contributed by atoms with Crippen LogP contribution in [-0.2, 0) is 4.79 Å². The molecule has 6 heteroatoms. The molecular formula is C18H18N2O4. The Morgan fingerprint density at radius 3 is 2.58 bits per heavy atom. The highest BCUT2D eigenvalue weighted by Crippen LogP contribution is 2.37. The summed E-state index contributed by atoms with van der Waals surface area (Å²) in [6.07, 6.45) is 1.18. The SMILES string of the molecule is COc1ccc(C2=NN(C=O)[C@@H](c3ccccc3O)C2)cc1OC. The zero-order valence-electron chi connectivity index (χ0n) is 13.5. The molecule has 0 unspecified atom stereocenters. The number of rotatable bonds is 5. The van der Waals surface area contributed by atoms with Crippen LogP contribution in [0.5, 0.6) is 17.2 Å². The Balaban J connectivity index is 1.94. The molecule has 1 atom stereocenters. The molecule has 0 spiro atoms. The summed E-state index contributed by atoms with van der Waals surface area (Å²) in [6.45, 7) is 0. The topological polar surface area (TPSA) is 71.4 Å². The zero-order chi connectivity index (χ0) is 17.1. The predicted molar refractivity (Wildman–Crippen MR) is 89.5 cm³/mol. The van der Waals surface area contributed by atoms with Gasteiger partial charge in [-0.25, -0.2) is 5.01 Å². The first-order chi connectivity index (χ1) is 11.7. The minimum Gasteiger partial charge on any atom is -0.508 e. The van der Waals surface area contributed by atoms with E-state index in [2.05, 4.69) is 5.10 Å². The fourth-order valence-corrected chi connectivity index (χ4v) is 2.84. The molecule has 0 radical (unpaired) electrons. The number of nitrogens with zero attached hydrogens (tertiary/aromatic N) is 2. The maximum atomic E-state index is 11.4. The average Bonchev–Trinajstić information content (AvgIpc) is 3.05. The van der Waals surface area contributed by atoms with Crippen molar-refractivity contribution in [2.75, 3.05) is 14.2 Å². The van der Waals surface area contributed by atoms with Crippen molar-refractivity contribution in [1.82, 2.24) is 5.01 Å². The van der Waals surface area contributed by atoms with Gasteiger partial charge in [-0.2, -0.15) is 5.10 Å². The van der Waals surface area contributed by atoms with E-state index >= 15 is 0 Å². The fourth-order valence-electron chi connectivity index (χ4n) is 2.84. The second kappa shape index (κ2) is 6.62. The molecule has 0 aliphatic carbocycles. The minimum atomic E-state index is -0.327. The molecule has 1 amide bonds. The molecule has 0 saturated carbocycles. The molecule has 24 heavy (non-hydrogen) atoms. The van der Waals surface area contributed by atoms with Gasteiger partial charge in [0.05, 0.1) is 26.0 Å². The summed E-state index contributed by atoms with van der Waals surface area (Å²) in [6, 6.07) is 12.1. The van der Waals surface area contributed by atoms with Crippen LogP contribution in [0.1, 0.15) is 23.6 Å². The van der Waals surface area contributed by atoms with Gasteiger partial charge < -0.3 is 14.6 Å². The van der Waals surface area contributed by atoms with Gasteiger partial charge in [-0.05, 0) is 24.3 Å². The molecule has 1 heterocycles. The number of benzene rings is 2. The number of carbonyl (C=O) groups is 1. The molecule has 0 bridgehead atoms. The second-order valence-electron chi connectivity index (χ2n) is 5.38. The zero-order valence-corrected chi connectivity index (χ0v) is 13.5. The van der Waals surface area contributed by atoms with Crippen LogP contribution < -0.4 is 9.47 Å². The largest absolute Gasteiger partial charge is 0.508 e. The van der Waals surface area contributed by atoms with E-state index in [1.54, 1.807) is 38.5 Å². The van der Waals surface area contributed by atoms with Crippen molar-refractivity contribution in [1.29, 1.82) is 0 Å². The van der Waals surface area contributed by atoms with E-state index in [9.17, 15) is 9.90 Å². The third kappa shape index (κ3) is 2.78. The summed E-state index contributed by atoms with van der Waals surface area (Å²) in [4.78, 5) is 11.4. The van der Waals surface area contributed by atoms with Gasteiger partial charge in [0.15, 0.2) is 11.5 Å². The smallest absolute Gasteiger partial charge is 0.230 e. The highest BCUT2D eigenvalue weighted by atomic mass is 16.5. The van der Waals surface area contributed by atoms with Crippen molar-refractivity contribution in [3.63, 3.8) is 0 Å². The van der Waals surface area contributed by atoms with Gasteiger partial charge in [0.25, 0.3) is 0 Å². The van der Waals surface area contributed by atoms with E-state index in [-0.39, 0.29) is 11.8 Å². The maximum Gasteiger partial charge on any atom is 0.230 e. The van der Waals surface area contributed by atoms with Crippen LogP contribution in [-0.4, -0.2) is 36.5 Å². The van der Waals surface area contributed by atoms with E-state index in [4.69, 9.17) is 9.47 Å². The molecule has 124 valence electrons. The number of ether oxygens (including phenoxy) is 2. The van der Waals surface area contributed by atoms with E-state index in [1.165, 1.54) is 5.01 Å². The standard InChI is InChI=1S/C18H18N2O4/c1-23-17-8-7-12(9-18(17)24-2)14-10-15(20(11-21)19-14)13-5-3-4-6-16(13)22/h3-9,11,15,22H,10H2,1-2H3/t15-/m1/s1. The first-order valence-corrected chi connectivity index (χ1v) is 7.49. The van der Waals surface area contributed by atoms with E-state index in [1.807, 2.05) is 18.2 Å². The van der Waals surface area contributed by atoms with E-state index < -0.39 is 0 Å². The number of phenols is 1. The minimum absolute atomic E-state index is 0.151. The van der Waals surface area contributed by atoms with Crippen LogP contribution in [0.4, 0.5) is 0 Å². The molecule has 6 nitrogen and oxygen atoms in total. The van der Waals surface area contributed by atoms with Crippen LogP contribution in [0.3, 0.4) is 0 Å². The first kappa shape index (κ1) is 15.9. The van der Waals surface area contributed by atoms with Crippen molar-refractivity contribution in [3.05, 3.63) is 53.6 Å². The lowest BCUT2D eigenvalue weighted by molar-refractivity contribution is -0.119. The molecule has 1 aliphatic heterocycles. The van der Waals surface area contributed by atoms with Crippen molar-refractivity contribution >= 4 is 12.1 Å². The lowest BCUT2D eigenvalue weighted by Crippen LogP contribution is -2.17. The number of aromatic hydroxyl groups is 1. The van der Waals surface area contributed by atoms with Gasteiger partial charge in [0.2, 0.25) is 6.41 Å². The predicted octanol–water partition coefficient (Wildman–Crippen LogP) is 2.72. The number of hydrazone groups is 1. The maximum absolute atomic E-state index is 11.4. The van der Waals surface area contributed by atoms with Gasteiger partial charge in [-0.1, -0.05) is 18.2 Å². The highest BCUT2D eigenvalue weighted by Gasteiger charge is 2.30. The van der Waals surface area contributed by atoms with Gasteiger partial charge >= 0.3 is 0 Å². The van der Waals surface area contributed by atoms with Crippen LogP contribution >= 0.6 is 0 Å². The summed E-state index contributed by atoms with van der Waals surface area (Å²) in [5.74, 6) is 1.38. The Hall–Kier alpha value is -3.02. The lowest BCUT2D eigenvalue weighted by Gasteiger charge is -2.18. The normalized spacial score (nSPS) is 16.7. The van der Waals surface area contributed by atoms with Crippen LogP contribution in [0, 0.1) is 0 Å². The molecule has 2 aromatic carbocycles. The number of para-hydroxylation sites is 1. The van der Waals surface area contributed by atoms with Crippen molar-refractivity contribution in [2.24, 2.45) is 5.10 Å². The average molecular weight is 326 g/mol. The van der Waals surface area contributed by atoms with Gasteiger partial charge in [0.1, 0.15) is 5.75 Å². The Morgan fingerprint density at radius 2 is 1.92 bits per heavy atom. The van der Waals surface area contributed by atoms with Gasteiger partial charge in [-0.15, -0.1) is 0 Å². The molecular weight excluding hydrogens is 308 g/mol. The fraction of sp³-hybridized carbons (Fsp3) is 0.222. The van der Waals surface area contributed by atoms with Crippen LogP contribution in [0.25, 0.3) is 0 Å². The van der Waals surface area contributed by atoms with Gasteiger partial charge in [-0.3, -0.25) is 4.79 Å². The van der Waals surface area contributed by atoms with E-state index in [0.29, 0.717) is 29.9 Å². The summed E-state index contributed by atoms with van der Waals surface area (Å²) < 4.78 is 10.6. The lowest BCUT2D eigenvalue weighted by atomic mass is 9.98. The summed E-state index contributed by atoms with van der Waals surface area (Å²) in [5.41, 5.74) is 2.26. The summed E-state index contributed by atoms with van der Waals surface area (Å²) >= 11 is 0. The molecule has 1 N–H and O–H groups in total. The molecule has 0 saturated heterocycles. The number of amides is 1. The Labute approximate surface area is 139 Å². The van der Waals surface area contributed by atoms with Crippen LogP contribution in [0.15, 0.2) is 47.6 Å². The highest BCUT2D eigenvalue weighted by molar-refractivity contribution is 6.03. The Morgan fingerprint density at radius 1 is 1.17 bits per heavy atom. The monoisotopic (exact) mass is 326 g/mol. The van der Waals surface area contributed by atoms with E-state index in [0.717, 1.165) is 11.3 Å². The van der Waals surface area contributed by atoms with Crippen molar-refractivity contribution in [3.8, 4) is 17.2 Å². The number of hydrogen-bond donors (Lipinski definition) is 1. The molecule has 1 aliphatic rings. The Kier molecular flexibility index (Phi) is 4.37. The number of carbonyl (C=O) groups excluding carboxylic acids is 1. The number of phenolic OH excluding ortho intramolecular Hbond substituents is 1. The molecule has 3 rings (SSSR count). The molecule has 0 aromatic heterocycles.